The van der Waals surface area contributed by atoms with Crippen LogP contribution in [0.5, 0.6) is 0 Å². The second-order valence-electron chi connectivity index (χ2n) is 4.89. The average Bonchev–Trinajstić information content (AvgIpc) is 3.07. The zero-order valence-electron chi connectivity index (χ0n) is 12.0. The van der Waals surface area contributed by atoms with Crippen molar-refractivity contribution in [2.24, 2.45) is 0 Å². The van der Waals surface area contributed by atoms with Gasteiger partial charge >= 0.3 is 0 Å². The molecule has 0 atom stereocenters. The number of benzene rings is 1. The minimum Gasteiger partial charge on any atom is -0.284 e. The van der Waals surface area contributed by atoms with Crippen LogP contribution >= 0.6 is 22.7 Å². The summed E-state index contributed by atoms with van der Waals surface area (Å²) in [6.07, 6.45) is 1.14. The van der Waals surface area contributed by atoms with E-state index < -0.39 is 10.0 Å². The van der Waals surface area contributed by atoms with Gasteiger partial charge < -0.3 is 0 Å². The number of hydrogen-bond acceptors (Lipinski definition) is 5. The van der Waals surface area contributed by atoms with E-state index in [0.717, 1.165) is 33.0 Å². The number of thiophene rings is 1. The summed E-state index contributed by atoms with van der Waals surface area (Å²) < 4.78 is 24.9. The van der Waals surface area contributed by atoms with Crippen molar-refractivity contribution in [3.63, 3.8) is 0 Å². The molecule has 0 radical (unpaired) electrons. The number of sulfonamides is 1. The minimum absolute atomic E-state index is 0.553. The number of anilines is 1. The third kappa shape index (κ3) is 3.37. The van der Waals surface area contributed by atoms with Crippen molar-refractivity contribution in [2.45, 2.75) is 6.92 Å². The van der Waals surface area contributed by atoms with E-state index in [1.807, 2.05) is 24.4 Å². The van der Waals surface area contributed by atoms with Gasteiger partial charge in [0.1, 0.15) is 5.01 Å². The normalized spacial score (nSPS) is 11.5. The molecule has 3 rings (SSSR count). The van der Waals surface area contributed by atoms with E-state index >= 15 is 0 Å². The van der Waals surface area contributed by atoms with Crippen LogP contribution in [0.25, 0.3) is 21.8 Å². The largest absolute Gasteiger partial charge is 0.284 e. The highest BCUT2D eigenvalue weighted by molar-refractivity contribution is 7.92. The van der Waals surface area contributed by atoms with E-state index in [4.69, 9.17) is 4.98 Å². The van der Waals surface area contributed by atoms with Gasteiger partial charge in [-0.25, -0.2) is 13.4 Å². The molecule has 0 aliphatic heterocycles. The van der Waals surface area contributed by atoms with E-state index in [1.165, 1.54) is 0 Å². The van der Waals surface area contributed by atoms with Crippen molar-refractivity contribution < 1.29 is 8.42 Å². The second kappa shape index (κ2) is 5.83. The Hall–Kier alpha value is -1.70. The number of nitrogens with zero attached hydrogens (tertiary/aromatic N) is 1. The maximum atomic E-state index is 11.2. The van der Waals surface area contributed by atoms with Gasteiger partial charge in [0.15, 0.2) is 0 Å². The smallest absolute Gasteiger partial charge is 0.229 e. The second-order valence-corrected chi connectivity index (χ2v) is 8.62. The molecule has 1 N–H and O–H groups in total. The molecule has 2 aromatic heterocycles. The minimum atomic E-state index is -3.25. The van der Waals surface area contributed by atoms with Gasteiger partial charge in [-0.05, 0) is 30.5 Å². The van der Waals surface area contributed by atoms with Gasteiger partial charge in [0.2, 0.25) is 10.0 Å². The third-order valence-electron chi connectivity index (χ3n) is 3.03. The van der Waals surface area contributed by atoms with Gasteiger partial charge in [-0.15, -0.1) is 11.3 Å². The summed E-state index contributed by atoms with van der Waals surface area (Å²) in [4.78, 5) is 5.86. The van der Waals surface area contributed by atoms with E-state index in [2.05, 4.69) is 16.2 Å². The topological polar surface area (TPSA) is 59.1 Å². The van der Waals surface area contributed by atoms with Crippen LogP contribution in [-0.2, 0) is 10.0 Å². The number of nitrogens with one attached hydrogen (secondary N) is 1. The van der Waals surface area contributed by atoms with Gasteiger partial charge in [0.05, 0.1) is 11.9 Å². The molecule has 1 aromatic carbocycles. The molecule has 0 aliphatic rings. The van der Waals surface area contributed by atoms with E-state index in [-0.39, 0.29) is 0 Å². The van der Waals surface area contributed by atoms with Crippen LogP contribution < -0.4 is 4.72 Å². The first-order chi connectivity index (χ1) is 10.4. The maximum absolute atomic E-state index is 11.2. The Morgan fingerprint density at radius 2 is 1.82 bits per heavy atom. The lowest BCUT2D eigenvalue weighted by molar-refractivity contribution is 0.607. The molecule has 0 saturated carbocycles. The maximum Gasteiger partial charge on any atom is 0.229 e. The van der Waals surface area contributed by atoms with Crippen molar-refractivity contribution in [3.05, 3.63) is 46.0 Å². The molecular weight excluding hydrogens is 336 g/mol. The monoisotopic (exact) mass is 350 g/mol. The fourth-order valence-corrected chi connectivity index (χ4v) is 4.30. The molecule has 114 valence electrons. The number of thiazole rings is 1. The van der Waals surface area contributed by atoms with Crippen LogP contribution in [0.15, 0.2) is 41.1 Å². The van der Waals surface area contributed by atoms with Crippen molar-refractivity contribution in [2.75, 3.05) is 11.0 Å². The molecule has 0 bridgehead atoms. The van der Waals surface area contributed by atoms with Crippen molar-refractivity contribution in [1.29, 1.82) is 0 Å². The van der Waals surface area contributed by atoms with Crippen LogP contribution in [0.1, 0.15) is 4.88 Å². The number of rotatable bonds is 4. The molecule has 7 heteroatoms. The third-order valence-corrected chi connectivity index (χ3v) is 5.34. The summed E-state index contributed by atoms with van der Waals surface area (Å²) in [5.74, 6) is 0. The van der Waals surface area contributed by atoms with Crippen LogP contribution in [0.3, 0.4) is 0 Å². The summed E-state index contributed by atoms with van der Waals surface area (Å²) in [5.41, 5.74) is 3.61. The lowest BCUT2D eigenvalue weighted by Gasteiger charge is -2.04. The molecule has 0 amide bonds. The first-order valence-electron chi connectivity index (χ1n) is 6.50. The molecule has 0 saturated heterocycles. The van der Waals surface area contributed by atoms with Gasteiger partial charge in [-0.2, -0.15) is 11.3 Å². The molecule has 3 aromatic rings. The lowest BCUT2D eigenvalue weighted by Crippen LogP contribution is -2.09. The van der Waals surface area contributed by atoms with Gasteiger partial charge in [0.25, 0.3) is 0 Å². The molecule has 0 fully saturated rings. The zero-order chi connectivity index (χ0) is 15.7. The van der Waals surface area contributed by atoms with Crippen molar-refractivity contribution >= 4 is 38.4 Å². The number of aryl methyl sites for hydroxylation is 1. The fourth-order valence-electron chi connectivity index (χ4n) is 2.08. The Kier molecular flexibility index (Phi) is 4.03. The highest BCUT2D eigenvalue weighted by atomic mass is 32.2. The molecule has 0 unspecified atom stereocenters. The van der Waals surface area contributed by atoms with E-state index in [9.17, 15) is 8.42 Å². The zero-order valence-corrected chi connectivity index (χ0v) is 14.5. The summed E-state index contributed by atoms with van der Waals surface area (Å²) in [6.45, 7) is 2.05. The Balaban J connectivity index is 1.91. The molecule has 22 heavy (non-hydrogen) atoms. The predicted octanol–water partition coefficient (Wildman–Crippen LogP) is 4.22. The van der Waals surface area contributed by atoms with Gasteiger partial charge in [0, 0.05) is 27.1 Å². The molecule has 2 heterocycles. The SMILES string of the molecule is Cc1sc(-c2ccsc2)nc1-c1ccc(NS(C)(=O)=O)cc1. The number of hydrogen-bond donors (Lipinski definition) is 1. The Bertz CT molecular complexity index is 880. The summed E-state index contributed by atoms with van der Waals surface area (Å²) in [7, 11) is -3.25. The van der Waals surface area contributed by atoms with E-state index in [0.29, 0.717) is 5.69 Å². The summed E-state index contributed by atoms with van der Waals surface area (Å²) in [6, 6.07) is 9.32. The van der Waals surface area contributed by atoms with Gasteiger partial charge in [-0.1, -0.05) is 12.1 Å². The average molecular weight is 350 g/mol. The first kappa shape index (κ1) is 15.2. The van der Waals surface area contributed by atoms with Crippen LogP contribution in [0.2, 0.25) is 0 Å². The highest BCUT2D eigenvalue weighted by Crippen LogP contribution is 2.34. The van der Waals surface area contributed by atoms with Crippen molar-refractivity contribution in [1.82, 2.24) is 4.98 Å². The standard InChI is InChI=1S/C15H14N2O2S3/c1-10-14(16-15(21-10)12-7-8-20-9-12)11-3-5-13(6-4-11)17-22(2,18)19/h3-9,17H,1-2H3. The summed E-state index contributed by atoms with van der Waals surface area (Å²) >= 11 is 3.32. The van der Waals surface area contributed by atoms with Crippen LogP contribution in [0, 0.1) is 6.92 Å². The predicted molar refractivity (Wildman–Crippen MR) is 94.1 cm³/mol. The van der Waals surface area contributed by atoms with Gasteiger partial charge in [-0.3, -0.25) is 4.72 Å². The Morgan fingerprint density at radius 3 is 2.41 bits per heavy atom. The first-order valence-corrected chi connectivity index (χ1v) is 10.2. The fraction of sp³-hybridized carbons (Fsp3) is 0.133. The molecule has 4 nitrogen and oxygen atoms in total. The molecule has 0 aliphatic carbocycles. The number of aromatic nitrogens is 1. The molecule has 0 spiro atoms. The van der Waals surface area contributed by atoms with E-state index in [1.54, 1.807) is 34.8 Å². The Morgan fingerprint density at radius 1 is 1.09 bits per heavy atom. The highest BCUT2D eigenvalue weighted by Gasteiger charge is 2.12. The lowest BCUT2D eigenvalue weighted by atomic mass is 10.1. The quantitative estimate of drug-likeness (QED) is 0.766. The Labute approximate surface area is 137 Å². The van der Waals surface area contributed by atoms with Crippen molar-refractivity contribution in [3.8, 4) is 21.8 Å². The molecular formula is C15H14N2O2S3. The van der Waals surface area contributed by atoms with Crippen LogP contribution in [-0.4, -0.2) is 19.7 Å². The summed E-state index contributed by atoms with van der Waals surface area (Å²) in [5, 5.41) is 5.13. The van der Waals surface area contributed by atoms with Crippen LogP contribution in [0.4, 0.5) is 5.69 Å².